The van der Waals surface area contributed by atoms with Crippen LogP contribution in [0, 0.1) is 0 Å². The van der Waals surface area contributed by atoms with Crippen LogP contribution in [0.15, 0.2) is 48.5 Å². The van der Waals surface area contributed by atoms with Crippen molar-refractivity contribution in [1.82, 2.24) is 10.2 Å². The molecule has 2 amide bonds. The van der Waals surface area contributed by atoms with Crippen molar-refractivity contribution >= 4 is 18.2 Å². The molecule has 0 radical (unpaired) electrons. The zero-order valence-corrected chi connectivity index (χ0v) is 19.3. The van der Waals surface area contributed by atoms with E-state index in [1.165, 1.54) is 12.0 Å². The van der Waals surface area contributed by atoms with Crippen LogP contribution < -0.4 is 5.32 Å². The van der Waals surface area contributed by atoms with Gasteiger partial charge in [0, 0.05) is 6.54 Å². The number of carboxylic acids is 1. The van der Waals surface area contributed by atoms with Gasteiger partial charge in [0.1, 0.15) is 11.6 Å². The van der Waals surface area contributed by atoms with Crippen molar-refractivity contribution in [1.29, 1.82) is 0 Å². The lowest BCUT2D eigenvalue weighted by Gasteiger charge is -2.34. The Morgan fingerprint density at radius 3 is 2.06 bits per heavy atom. The Bertz CT molecular complexity index is 984. The summed E-state index contributed by atoms with van der Waals surface area (Å²) >= 11 is 0. The van der Waals surface area contributed by atoms with Gasteiger partial charge in [0.05, 0.1) is 13.2 Å². The van der Waals surface area contributed by atoms with Crippen LogP contribution in [0.2, 0.25) is 0 Å². The van der Waals surface area contributed by atoms with E-state index in [9.17, 15) is 19.5 Å². The number of hydrogen-bond acceptors (Lipinski definition) is 5. The summed E-state index contributed by atoms with van der Waals surface area (Å²) in [6.45, 7) is 5.50. The van der Waals surface area contributed by atoms with Crippen molar-refractivity contribution in [2.45, 2.75) is 51.3 Å². The molecular formula is C25H30N2O6. The third-order valence-corrected chi connectivity index (χ3v) is 5.41. The van der Waals surface area contributed by atoms with Gasteiger partial charge in [-0.25, -0.2) is 14.4 Å². The number of fused-ring (bicyclic) bond motifs is 3. The quantitative estimate of drug-likeness (QED) is 0.593. The average molecular weight is 455 g/mol. The smallest absolute Gasteiger partial charge is 0.411 e. The van der Waals surface area contributed by atoms with Crippen molar-refractivity contribution in [2.24, 2.45) is 0 Å². The number of hydrogen-bond donors (Lipinski definition) is 2. The third kappa shape index (κ3) is 5.45. The second-order valence-corrected chi connectivity index (χ2v) is 8.88. The molecule has 0 unspecified atom stereocenters. The molecule has 8 nitrogen and oxygen atoms in total. The number of carbonyl (C=O) groups excluding carboxylic acids is 2. The summed E-state index contributed by atoms with van der Waals surface area (Å²) in [5.74, 6) is -1.14. The molecule has 0 aromatic heterocycles. The minimum absolute atomic E-state index is 0.126. The van der Waals surface area contributed by atoms with Gasteiger partial charge in [-0.05, 0) is 55.9 Å². The molecule has 33 heavy (non-hydrogen) atoms. The van der Waals surface area contributed by atoms with Gasteiger partial charge < -0.3 is 19.9 Å². The highest BCUT2D eigenvalue weighted by Gasteiger charge is 2.41. The number of benzene rings is 2. The zero-order chi connectivity index (χ0) is 24.2. The van der Waals surface area contributed by atoms with E-state index in [0.717, 1.165) is 22.3 Å². The first kappa shape index (κ1) is 24.1. The van der Waals surface area contributed by atoms with Crippen LogP contribution in [0.25, 0.3) is 11.1 Å². The lowest BCUT2D eigenvalue weighted by Crippen LogP contribution is -2.47. The van der Waals surface area contributed by atoms with E-state index in [0.29, 0.717) is 6.42 Å². The molecule has 176 valence electrons. The first-order valence-electron chi connectivity index (χ1n) is 10.9. The molecule has 3 rings (SSSR count). The molecule has 1 aliphatic rings. The third-order valence-electron chi connectivity index (χ3n) is 5.41. The number of nitrogens with one attached hydrogen (secondary N) is 1. The van der Waals surface area contributed by atoms with Gasteiger partial charge in [-0.15, -0.1) is 0 Å². The van der Waals surface area contributed by atoms with Crippen LogP contribution >= 0.6 is 0 Å². The minimum Gasteiger partial charge on any atom is -0.480 e. The van der Waals surface area contributed by atoms with Crippen molar-refractivity contribution < 1.29 is 29.0 Å². The summed E-state index contributed by atoms with van der Waals surface area (Å²) in [6, 6.07) is 13.6. The van der Waals surface area contributed by atoms with E-state index in [1.54, 1.807) is 20.8 Å². The zero-order valence-electron chi connectivity index (χ0n) is 19.3. The van der Waals surface area contributed by atoms with Gasteiger partial charge in [-0.3, -0.25) is 4.90 Å². The molecule has 0 bridgehead atoms. The molecule has 0 heterocycles. The van der Waals surface area contributed by atoms with Crippen molar-refractivity contribution in [3.05, 3.63) is 59.7 Å². The Labute approximate surface area is 193 Å². The second kappa shape index (κ2) is 9.94. The fourth-order valence-corrected chi connectivity index (χ4v) is 4.13. The van der Waals surface area contributed by atoms with Gasteiger partial charge in [-0.2, -0.15) is 0 Å². The molecule has 1 aliphatic carbocycles. The van der Waals surface area contributed by atoms with Gasteiger partial charge in [0.15, 0.2) is 0 Å². The molecule has 2 aromatic rings. The van der Waals surface area contributed by atoms with Gasteiger partial charge in [0.2, 0.25) is 0 Å². The molecule has 0 saturated carbocycles. The standard InChI is InChI=1S/C25H30N2O6/c1-25(2,3)33-23(30)26-15-9-14-20(22(28)29)27(24(31)32-4)21-18-12-7-5-10-16(18)17-11-6-8-13-19(17)21/h5-8,10-13,20-21H,9,14-15H2,1-4H3,(H,26,30)(H,28,29)/t20-/m1/s1. The van der Waals surface area contributed by atoms with Crippen molar-refractivity contribution in [3.8, 4) is 11.1 Å². The van der Waals surface area contributed by atoms with E-state index < -0.39 is 35.8 Å². The molecule has 0 spiro atoms. The SMILES string of the molecule is COC(=O)N(C1c2ccccc2-c2ccccc21)[C@H](CCCNC(=O)OC(C)(C)C)C(=O)O. The predicted molar refractivity (Wildman–Crippen MR) is 123 cm³/mol. The Hall–Kier alpha value is -3.55. The molecule has 0 fully saturated rings. The average Bonchev–Trinajstić information content (AvgIpc) is 3.08. The molecule has 8 heteroatoms. The number of aliphatic carboxylic acids is 1. The predicted octanol–water partition coefficient (Wildman–Crippen LogP) is 4.58. The topological polar surface area (TPSA) is 105 Å². The fraction of sp³-hybridized carbons (Fsp3) is 0.400. The normalized spacial score (nSPS) is 13.5. The summed E-state index contributed by atoms with van der Waals surface area (Å²) in [5, 5.41) is 12.7. The Kier molecular flexibility index (Phi) is 7.26. The van der Waals surface area contributed by atoms with Crippen LogP contribution in [0.3, 0.4) is 0 Å². The molecule has 0 aliphatic heterocycles. The maximum absolute atomic E-state index is 12.9. The molecule has 2 aromatic carbocycles. The Morgan fingerprint density at radius 2 is 1.58 bits per heavy atom. The van der Waals surface area contributed by atoms with Gasteiger partial charge >= 0.3 is 18.2 Å². The highest BCUT2D eigenvalue weighted by atomic mass is 16.6. The van der Waals surface area contributed by atoms with Crippen molar-refractivity contribution in [2.75, 3.05) is 13.7 Å². The number of carboxylic acid groups (broad SMARTS) is 1. The van der Waals surface area contributed by atoms with Gasteiger partial charge in [-0.1, -0.05) is 48.5 Å². The lowest BCUT2D eigenvalue weighted by atomic mass is 10.00. The number of amides is 2. The Balaban J connectivity index is 1.84. The fourth-order valence-electron chi connectivity index (χ4n) is 4.13. The summed E-state index contributed by atoms with van der Waals surface area (Å²) in [4.78, 5) is 38.4. The van der Waals surface area contributed by atoms with Crippen LogP contribution in [0.1, 0.15) is 50.8 Å². The number of rotatable bonds is 7. The van der Waals surface area contributed by atoms with Crippen LogP contribution in [0.5, 0.6) is 0 Å². The first-order valence-corrected chi connectivity index (χ1v) is 10.9. The first-order chi connectivity index (χ1) is 15.6. The summed E-state index contributed by atoms with van der Waals surface area (Å²) in [5.41, 5.74) is 2.99. The van der Waals surface area contributed by atoms with Crippen LogP contribution in [0.4, 0.5) is 9.59 Å². The summed E-state index contributed by atoms with van der Waals surface area (Å²) < 4.78 is 10.2. The minimum atomic E-state index is -1.15. The highest BCUT2D eigenvalue weighted by Crippen LogP contribution is 2.47. The van der Waals surface area contributed by atoms with Crippen molar-refractivity contribution in [3.63, 3.8) is 0 Å². The van der Waals surface area contributed by atoms with Crippen LogP contribution in [-0.4, -0.2) is 53.5 Å². The number of alkyl carbamates (subject to hydrolysis) is 1. The number of methoxy groups -OCH3 is 1. The number of carbonyl (C=O) groups is 3. The van der Waals surface area contributed by atoms with E-state index in [4.69, 9.17) is 9.47 Å². The second-order valence-electron chi connectivity index (χ2n) is 8.88. The monoisotopic (exact) mass is 454 g/mol. The maximum Gasteiger partial charge on any atom is 0.411 e. The molecule has 1 atom stereocenters. The van der Waals surface area contributed by atoms with Crippen LogP contribution in [-0.2, 0) is 14.3 Å². The highest BCUT2D eigenvalue weighted by molar-refractivity contribution is 5.85. The lowest BCUT2D eigenvalue weighted by molar-refractivity contribution is -0.143. The van der Waals surface area contributed by atoms with E-state index in [2.05, 4.69) is 5.32 Å². The van der Waals surface area contributed by atoms with E-state index in [-0.39, 0.29) is 13.0 Å². The number of nitrogens with zero attached hydrogens (tertiary/aromatic N) is 1. The van der Waals surface area contributed by atoms with E-state index >= 15 is 0 Å². The maximum atomic E-state index is 12.9. The molecular weight excluding hydrogens is 424 g/mol. The molecule has 0 saturated heterocycles. The number of ether oxygens (including phenoxy) is 2. The Morgan fingerprint density at radius 1 is 1.03 bits per heavy atom. The van der Waals surface area contributed by atoms with E-state index in [1.807, 2.05) is 48.5 Å². The largest absolute Gasteiger partial charge is 0.480 e. The summed E-state index contributed by atoms with van der Waals surface area (Å²) in [7, 11) is 1.24. The molecule has 2 N–H and O–H groups in total. The van der Waals surface area contributed by atoms with Gasteiger partial charge in [0.25, 0.3) is 0 Å². The summed E-state index contributed by atoms with van der Waals surface area (Å²) in [6.07, 6.45) is -0.835.